The van der Waals surface area contributed by atoms with Crippen LogP contribution in [-0.2, 0) is 4.79 Å². The Morgan fingerprint density at radius 2 is 1.50 bits per heavy atom. The Labute approximate surface area is 110 Å². The second-order valence-corrected chi connectivity index (χ2v) is 6.40. The number of carbonyl (C=O) groups excluding carboxylic acids is 1. The third-order valence-corrected chi connectivity index (χ3v) is 5.17. The Morgan fingerprint density at radius 1 is 0.889 bits per heavy atom. The van der Waals surface area contributed by atoms with E-state index in [2.05, 4.69) is 10.4 Å². The first-order valence-corrected chi connectivity index (χ1v) is 7.92. The summed E-state index contributed by atoms with van der Waals surface area (Å²) < 4.78 is 0. The number of nitrogens with zero attached hydrogens (tertiary/aromatic N) is 1. The molecule has 0 aromatic heterocycles. The van der Waals surface area contributed by atoms with Gasteiger partial charge < -0.3 is 0 Å². The van der Waals surface area contributed by atoms with Crippen LogP contribution in [0.25, 0.3) is 0 Å². The molecule has 1 amide bonds. The maximum absolute atomic E-state index is 11.8. The van der Waals surface area contributed by atoms with Crippen LogP contribution in [-0.4, -0.2) is 23.0 Å². The van der Waals surface area contributed by atoms with Crippen molar-refractivity contribution in [3.8, 4) is 0 Å². The highest BCUT2D eigenvalue weighted by Gasteiger charge is 2.40. The fourth-order valence-corrected chi connectivity index (χ4v) is 4.19. The average molecular weight is 250 g/mol. The van der Waals surface area contributed by atoms with Crippen molar-refractivity contribution in [3.05, 3.63) is 0 Å². The number of hydrogen-bond acceptors (Lipinski definition) is 2. The van der Waals surface area contributed by atoms with Crippen LogP contribution >= 0.6 is 0 Å². The predicted molar refractivity (Wildman–Crippen MR) is 71.8 cm³/mol. The first kappa shape index (κ1) is 12.5. The highest BCUT2D eigenvalue weighted by atomic mass is 16.2. The molecule has 1 aliphatic heterocycles. The maximum Gasteiger partial charge on any atom is 0.235 e. The van der Waals surface area contributed by atoms with E-state index in [0.717, 1.165) is 12.3 Å². The lowest BCUT2D eigenvalue weighted by Gasteiger charge is -2.39. The van der Waals surface area contributed by atoms with Crippen molar-refractivity contribution in [2.75, 3.05) is 0 Å². The van der Waals surface area contributed by atoms with Crippen molar-refractivity contribution in [2.45, 2.75) is 82.7 Å². The first-order chi connectivity index (χ1) is 8.84. The summed E-state index contributed by atoms with van der Waals surface area (Å²) in [6.45, 7) is 0. The van der Waals surface area contributed by atoms with E-state index in [4.69, 9.17) is 0 Å². The van der Waals surface area contributed by atoms with E-state index in [1.54, 1.807) is 0 Å². The summed E-state index contributed by atoms with van der Waals surface area (Å²) in [6.07, 6.45) is 14.2. The lowest BCUT2D eigenvalue weighted by atomic mass is 9.82. The van der Waals surface area contributed by atoms with Gasteiger partial charge in [0, 0.05) is 18.5 Å². The van der Waals surface area contributed by atoms with Gasteiger partial charge in [-0.05, 0) is 31.6 Å². The Bertz CT molecular complexity index is 265. The second kappa shape index (κ2) is 5.60. The van der Waals surface area contributed by atoms with Crippen molar-refractivity contribution in [1.82, 2.24) is 10.4 Å². The summed E-state index contributed by atoms with van der Waals surface area (Å²) in [4.78, 5) is 11.8. The zero-order chi connectivity index (χ0) is 12.4. The molecule has 3 heteroatoms. The van der Waals surface area contributed by atoms with Crippen molar-refractivity contribution >= 4 is 5.91 Å². The van der Waals surface area contributed by atoms with Crippen LogP contribution in [0.4, 0.5) is 0 Å². The van der Waals surface area contributed by atoms with Gasteiger partial charge in [0.1, 0.15) is 0 Å². The van der Waals surface area contributed by atoms with Crippen LogP contribution in [0.3, 0.4) is 0 Å². The van der Waals surface area contributed by atoms with Gasteiger partial charge in [0.15, 0.2) is 0 Å². The molecular weight excluding hydrogens is 224 g/mol. The van der Waals surface area contributed by atoms with E-state index in [1.165, 1.54) is 64.2 Å². The number of hydrogen-bond donors (Lipinski definition) is 1. The number of amides is 1. The van der Waals surface area contributed by atoms with Gasteiger partial charge >= 0.3 is 0 Å². The summed E-state index contributed by atoms with van der Waals surface area (Å²) in [5.74, 6) is 1.02. The third-order valence-electron chi connectivity index (χ3n) is 5.17. The van der Waals surface area contributed by atoms with Crippen molar-refractivity contribution in [3.63, 3.8) is 0 Å². The fraction of sp³-hybridized carbons (Fsp3) is 0.933. The Hall–Kier alpha value is -0.570. The standard InChI is InChI=1S/C15H26N2O/c18-15-11-14(12-7-3-1-4-8-12)17(16-15)13-9-5-2-6-10-13/h12-14H,1-11H2,(H,16,18). The molecule has 1 heterocycles. The maximum atomic E-state index is 11.8. The molecule has 1 N–H and O–H groups in total. The van der Waals surface area contributed by atoms with Crippen LogP contribution in [0.5, 0.6) is 0 Å². The lowest BCUT2D eigenvalue weighted by molar-refractivity contribution is -0.121. The van der Waals surface area contributed by atoms with Gasteiger partial charge in [-0.25, -0.2) is 5.01 Å². The molecule has 1 saturated heterocycles. The molecule has 3 aliphatic rings. The summed E-state index contributed by atoms with van der Waals surface area (Å²) in [5, 5.41) is 2.37. The predicted octanol–water partition coefficient (Wildman–Crippen LogP) is 3.00. The lowest BCUT2D eigenvalue weighted by Crippen LogP contribution is -2.49. The molecule has 3 rings (SSSR count). The van der Waals surface area contributed by atoms with Crippen LogP contribution < -0.4 is 5.43 Å². The molecule has 0 aromatic rings. The van der Waals surface area contributed by atoms with Crippen molar-refractivity contribution in [1.29, 1.82) is 0 Å². The monoisotopic (exact) mass is 250 g/mol. The summed E-state index contributed by atoms with van der Waals surface area (Å²) in [5.41, 5.74) is 3.17. The summed E-state index contributed by atoms with van der Waals surface area (Å²) in [7, 11) is 0. The minimum atomic E-state index is 0.260. The van der Waals surface area contributed by atoms with Gasteiger partial charge in [-0.2, -0.15) is 0 Å². The van der Waals surface area contributed by atoms with E-state index >= 15 is 0 Å². The van der Waals surface area contributed by atoms with Crippen LogP contribution in [0.15, 0.2) is 0 Å². The highest BCUT2D eigenvalue weighted by Crippen LogP contribution is 2.35. The zero-order valence-electron chi connectivity index (χ0n) is 11.4. The summed E-state index contributed by atoms with van der Waals surface area (Å²) >= 11 is 0. The van der Waals surface area contributed by atoms with E-state index in [9.17, 15) is 4.79 Å². The highest BCUT2D eigenvalue weighted by molar-refractivity contribution is 5.78. The van der Waals surface area contributed by atoms with Gasteiger partial charge in [-0.1, -0.05) is 38.5 Å². The number of nitrogens with one attached hydrogen (secondary N) is 1. The summed E-state index contributed by atoms with van der Waals surface area (Å²) in [6, 6.07) is 1.12. The minimum absolute atomic E-state index is 0.260. The number of rotatable bonds is 2. The van der Waals surface area contributed by atoms with Crippen LogP contribution in [0.1, 0.15) is 70.6 Å². The average Bonchev–Trinajstić information content (AvgIpc) is 2.83. The topological polar surface area (TPSA) is 32.3 Å². The SMILES string of the molecule is O=C1CC(C2CCCCC2)N(C2CCCCC2)N1. The molecule has 18 heavy (non-hydrogen) atoms. The molecule has 1 atom stereocenters. The molecule has 0 spiro atoms. The molecule has 3 fully saturated rings. The smallest absolute Gasteiger partial charge is 0.235 e. The fourth-order valence-electron chi connectivity index (χ4n) is 4.19. The minimum Gasteiger partial charge on any atom is -0.288 e. The van der Waals surface area contributed by atoms with Crippen LogP contribution in [0, 0.1) is 5.92 Å². The molecule has 0 bridgehead atoms. The molecule has 0 aromatic carbocycles. The van der Waals surface area contributed by atoms with Crippen LogP contribution in [0.2, 0.25) is 0 Å². The van der Waals surface area contributed by atoms with Gasteiger partial charge in [0.2, 0.25) is 5.91 Å². The van der Waals surface area contributed by atoms with E-state index in [-0.39, 0.29) is 5.91 Å². The van der Waals surface area contributed by atoms with E-state index < -0.39 is 0 Å². The number of carbonyl (C=O) groups is 1. The Morgan fingerprint density at radius 3 is 2.17 bits per heavy atom. The van der Waals surface area contributed by atoms with E-state index in [1.807, 2.05) is 0 Å². The quantitative estimate of drug-likeness (QED) is 0.817. The number of hydrazine groups is 1. The normalized spacial score (nSPS) is 32.7. The molecule has 2 saturated carbocycles. The van der Waals surface area contributed by atoms with Crippen molar-refractivity contribution in [2.24, 2.45) is 5.92 Å². The van der Waals surface area contributed by atoms with Gasteiger partial charge in [0.25, 0.3) is 0 Å². The molecule has 3 nitrogen and oxygen atoms in total. The van der Waals surface area contributed by atoms with Gasteiger partial charge in [-0.3, -0.25) is 10.2 Å². The van der Waals surface area contributed by atoms with E-state index in [0.29, 0.717) is 12.1 Å². The molecule has 0 radical (unpaired) electrons. The molecule has 2 aliphatic carbocycles. The molecule has 1 unspecified atom stereocenters. The molecule has 102 valence electrons. The van der Waals surface area contributed by atoms with Gasteiger partial charge in [0.05, 0.1) is 0 Å². The first-order valence-electron chi connectivity index (χ1n) is 7.92. The zero-order valence-corrected chi connectivity index (χ0v) is 11.4. The molecular formula is C15H26N2O. The third kappa shape index (κ3) is 2.56. The Kier molecular flexibility index (Phi) is 3.88. The largest absolute Gasteiger partial charge is 0.288 e. The van der Waals surface area contributed by atoms with Gasteiger partial charge in [-0.15, -0.1) is 0 Å². The van der Waals surface area contributed by atoms with Crippen molar-refractivity contribution < 1.29 is 4.79 Å². The second-order valence-electron chi connectivity index (χ2n) is 6.40. The Balaban J connectivity index is 1.67.